The average Bonchev–Trinajstić information content (AvgIpc) is 3.20. The maximum absolute atomic E-state index is 13.2. The Balaban J connectivity index is 1.57. The Labute approximate surface area is 189 Å². The summed E-state index contributed by atoms with van der Waals surface area (Å²) in [7, 11) is 0. The summed E-state index contributed by atoms with van der Waals surface area (Å²) in [6.45, 7) is 5.30. The smallest absolute Gasteiger partial charge is 0.417 e. The predicted octanol–water partition coefficient (Wildman–Crippen LogP) is 4.99. The summed E-state index contributed by atoms with van der Waals surface area (Å²) >= 11 is 0. The van der Waals surface area contributed by atoms with E-state index in [0.29, 0.717) is 25.4 Å². The first-order chi connectivity index (χ1) is 15.6. The molecule has 3 rings (SSSR count). The van der Waals surface area contributed by atoms with Crippen molar-refractivity contribution in [3.8, 4) is 5.75 Å². The molecule has 1 aliphatic heterocycles. The van der Waals surface area contributed by atoms with Crippen LogP contribution in [0.1, 0.15) is 32.3 Å². The molecule has 2 atom stereocenters. The van der Waals surface area contributed by atoms with Crippen LogP contribution >= 0.6 is 0 Å². The number of carbonyl (C=O) groups is 2. The molecule has 1 fully saturated rings. The average molecular weight is 438 g/mol. The molecule has 170 valence electrons. The number of nitrogens with zero attached hydrogens (tertiary/aromatic N) is 1. The third-order valence-corrected chi connectivity index (χ3v) is 5.27. The number of carbonyl (C=O) groups excluding carboxylic acids is 2. The van der Waals surface area contributed by atoms with E-state index >= 15 is 0 Å². The van der Waals surface area contributed by atoms with Crippen molar-refractivity contribution in [2.75, 3.05) is 13.2 Å². The largest absolute Gasteiger partial charge is 0.480 e. The summed E-state index contributed by atoms with van der Waals surface area (Å²) in [6, 6.07) is 18.9. The molecule has 0 aromatic heterocycles. The lowest BCUT2D eigenvalue weighted by Gasteiger charge is -2.26. The molecule has 0 bridgehead atoms. The van der Waals surface area contributed by atoms with Crippen LogP contribution in [0.3, 0.4) is 0 Å². The lowest BCUT2D eigenvalue weighted by Crippen LogP contribution is -2.48. The zero-order valence-corrected chi connectivity index (χ0v) is 18.7. The number of rotatable bonds is 11. The molecule has 0 spiro atoms. The zero-order valence-electron chi connectivity index (χ0n) is 18.7. The minimum absolute atomic E-state index is 0.0973. The highest BCUT2D eigenvalue weighted by Gasteiger charge is 2.42. The monoisotopic (exact) mass is 437 g/mol. The van der Waals surface area contributed by atoms with Crippen LogP contribution in [0, 0.1) is 5.92 Å². The second-order valence-corrected chi connectivity index (χ2v) is 8.05. The Hall–Kier alpha value is -3.12. The normalized spacial score (nSPS) is 17.0. The third kappa shape index (κ3) is 6.69. The van der Waals surface area contributed by atoms with Crippen LogP contribution in [0.15, 0.2) is 72.8 Å². The Morgan fingerprint density at radius 3 is 2.47 bits per heavy atom. The minimum Gasteiger partial charge on any atom is -0.480 e. The molecule has 0 N–H and O–H groups in total. The number of ether oxygens (including phenoxy) is 3. The second-order valence-electron chi connectivity index (χ2n) is 8.05. The standard InChI is InChI=1S/C26H31NO5/c1-20(2)23-19-31-26(29)27(23)25(28)24(32-22-14-8-4-9-15-22)16-10-5-11-17-30-18-21-12-6-3-7-13-21/h3-10,12-15,20,23-24H,11,16-19H2,1-2H3/t23-,24-/m1/s1. The highest BCUT2D eigenvalue weighted by Crippen LogP contribution is 2.23. The van der Waals surface area contributed by atoms with Gasteiger partial charge in [0, 0.05) is 6.42 Å². The van der Waals surface area contributed by atoms with Crippen molar-refractivity contribution in [3.63, 3.8) is 0 Å². The van der Waals surface area contributed by atoms with E-state index in [1.54, 1.807) is 12.1 Å². The first kappa shape index (κ1) is 23.5. The summed E-state index contributed by atoms with van der Waals surface area (Å²) in [5.41, 5.74) is 1.13. The van der Waals surface area contributed by atoms with E-state index < -0.39 is 12.2 Å². The van der Waals surface area contributed by atoms with Crippen LogP contribution in [0.4, 0.5) is 4.79 Å². The molecule has 2 aromatic carbocycles. The second kappa shape index (κ2) is 12.1. The van der Waals surface area contributed by atoms with Gasteiger partial charge in [-0.15, -0.1) is 0 Å². The van der Waals surface area contributed by atoms with Gasteiger partial charge < -0.3 is 14.2 Å². The first-order valence-corrected chi connectivity index (χ1v) is 11.0. The molecule has 32 heavy (non-hydrogen) atoms. The van der Waals surface area contributed by atoms with E-state index in [1.807, 2.05) is 74.5 Å². The molecule has 1 aliphatic rings. The molecule has 6 heteroatoms. The van der Waals surface area contributed by atoms with E-state index in [4.69, 9.17) is 14.2 Å². The number of cyclic esters (lactones) is 1. The van der Waals surface area contributed by atoms with Gasteiger partial charge in [0.25, 0.3) is 5.91 Å². The van der Waals surface area contributed by atoms with Gasteiger partial charge in [0.05, 0.1) is 19.3 Å². The van der Waals surface area contributed by atoms with Crippen LogP contribution in [0.25, 0.3) is 0 Å². The van der Waals surface area contributed by atoms with Crippen molar-refractivity contribution in [3.05, 3.63) is 78.4 Å². The van der Waals surface area contributed by atoms with Gasteiger partial charge >= 0.3 is 6.09 Å². The van der Waals surface area contributed by atoms with E-state index in [9.17, 15) is 9.59 Å². The van der Waals surface area contributed by atoms with Gasteiger partial charge in [0.15, 0.2) is 6.10 Å². The fourth-order valence-electron chi connectivity index (χ4n) is 3.45. The number of amides is 2. The van der Waals surface area contributed by atoms with Gasteiger partial charge in [0.1, 0.15) is 12.4 Å². The van der Waals surface area contributed by atoms with Crippen molar-refractivity contribution >= 4 is 12.0 Å². The number of para-hydroxylation sites is 1. The van der Waals surface area contributed by atoms with Gasteiger partial charge in [-0.05, 0) is 30.0 Å². The molecular weight excluding hydrogens is 406 g/mol. The van der Waals surface area contributed by atoms with E-state index in [-0.39, 0.29) is 24.5 Å². The first-order valence-electron chi connectivity index (χ1n) is 11.0. The molecule has 1 heterocycles. The Morgan fingerprint density at radius 1 is 1.09 bits per heavy atom. The van der Waals surface area contributed by atoms with Crippen molar-refractivity contribution in [1.82, 2.24) is 4.90 Å². The topological polar surface area (TPSA) is 65.1 Å². The molecule has 0 saturated carbocycles. The van der Waals surface area contributed by atoms with E-state index in [2.05, 4.69) is 0 Å². The molecule has 0 aliphatic carbocycles. The molecule has 0 unspecified atom stereocenters. The van der Waals surface area contributed by atoms with Gasteiger partial charge in [-0.25, -0.2) is 9.69 Å². The SMILES string of the molecule is CC(C)[C@H]1COC(=O)N1C(=O)[C@@H](CC=CCCOCc1ccccc1)Oc1ccccc1. The number of imide groups is 1. The van der Waals surface area contributed by atoms with Crippen LogP contribution in [0.2, 0.25) is 0 Å². The van der Waals surface area contributed by atoms with Crippen LogP contribution in [-0.4, -0.2) is 42.3 Å². The summed E-state index contributed by atoms with van der Waals surface area (Å²) in [5, 5.41) is 0. The lowest BCUT2D eigenvalue weighted by molar-refractivity contribution is -0.137. The summed E-state index contributed by atoms with van der Waals surface area (Å²) in [6.07, 6.45) is 3.53. The lowest BCUT2D eigenvalue weighted by atomic mass is 10.0. The third-order valence-electron chi connectivity index (χ3n) is 5.27. The predicted molar refractivity (Wildman–Crippen MR) is 122 cm³/mol. The van der Waals surface area contributed by atoms with E-state index in [1.165, 1.54) is 4.90 Å². The van der Waals surface area contributed by atoms with E-state index in [0.717, 1.165) is 12.0 Å². The van der Waals surface area contributed by atoms with Crippen molar-refractivity contribution < 1.29 is 23.8 Å². The Bertz CT molecular complexity index is 882. The van der Waals surface area contributed by atoms with Crippen LogP contribution in [-0.2, 0) is 20.9 Å². The maximum atomic E-state index is 13.2. The van der Waals surface area contributed by atoms with Crippen molar-refractivity contribution in [2.24, 2.45) is 5.92 Å². The van der Waals surface area contributed by atoms with Gasteiger partial charge in [-0.3, -0.25) is 4.79 Å². The van der Waals surface area contributed by atoms with Gasteiger partial charge in [-0.1, -0.05) is 74.5 Å². The number of benzene rings is 2. The molecule has 2 aromatic rings. The van der Waals surface area contributed by atoms with Crippen LogP contribution in [0.5, 0.6) is 5.75 Å². The molecule has 2 amide bonds. The quantitative estimate of drug-likeness (QED) is 0.366. The summed E-state index contributed by atoms with van der Waals surface area (Å²) in [5.74, 6) is 0.305. The molecular formula is C26H31NO5. The highest BCUT2D eigenvalue weighted by atomic mass is 16.6. The highest BCUT2D eigenvalue weighted by molar-refractivity contribution is 5.96. The number of hydrogen-bond acceptors (Lipinski definition) is 5. The van der Waals surface area contributed by atoms with Crippen LogP contribution < -0.4 is 4.74 Å². The fraction of sp³-hybridized carbons (Fsp3) is 0.385. The van der Waals surface area contributed by atoms with Crippen molar-refractivity contribution in [1.29, 1.82) is 0 Å². The zero-order chi connectivity index (χ0) is 22.8. The van der Waals surface area contributed by atoms with Crippen molar-refractivity contribution in [2.45, 2.75) is 45.4 Å². The summed E-state index contributed by atoms with van der Waals surface area (Å²) in [4.78, 5) is 26.7. The molecule has 6 nitrogen and oxygen atoms in total. The summed E-state index contributed by atoms with van der Waals surface area (Å²) < 4.78 is 16.8. The van der Waals surface area contributed by atoms with Gasteiger partial charge in [0.2, 0.25) is 0 Å². The fourth-order valence-corrected chi connectivity index (χ4v) is 3.45. The maximum Gasteiger partial charge on any atom is 0.417 e. The Kier molecular flexibility index (Phi) is 8.87. The van der Waals surface area contributed by atoms with Gasteiger partial charge in [-0.2, -0.15) is 0 Å². The molecule has 1 saturated heterocycles. The number of hydrogen-bond donors (Lipinski definition) is 0. The Morgan fingerprint density at radius 2 is 1.78 bits per heavy atom. The molecule has 0 radical (unpaired) electrons. The minimum atomic E-state index is -0.814.